The molecule has 0 saturated carbocycles. The Balaban J connectivity index is 2.74. The maximum atomic E-state index is 12.7. The smallest absolute Gasteiger partial charge is 0.166 e. The molecule has 0 aromatic heterocycles. The van der Waals surface area contributed by atoms with Gasteiger partial charge in [0.2, 0.25) is 0 Å². The quantitative estimate of drug-likeness (QED) is 0.316. The molecule has 9 heteroatoms. The molecule has 2 aromatic carbocycles. The van der Waals surface area contributed by atoms with Crippen LogP contribution in [-0.4, -0.2) is 0 Å². The summed E-state index contributed by atoms with van der Waals surface area (Å²) < 4.78 is 38.0. The molecular formula is C13H3Cl6F3. The Bertz CT molecular complexity index is 725. The molecule has 0 N–H and O–H groups in total. The minimum Gasteiger partial charge on any atom is -0.166 e. The zero-order valence-electron chi connectivity index (χ0n) is 10.1. The summed E-state index contributed by atoms with van der Waals surface area (Å²) in [5.74, 6) is 0. The van der Waals surface area contributed by atoms with Crippen LogP contribution in [0.25, 0.3) is 11.1 Å². The summed E-state index contributed by atoms with van der Waals surface area (Å²) >= 11 is 35.8. The maximum Gasteiger partial charge on any atom is 0.416 e. The first-order valence-corrected chi connectivity index (χ1v) is 7.71. The second-order valence-electron chi connectivity index (χ2n) is 4.14. The van der Waals surface area contributed by atoms with E-state index in [1.807, 2.05) is 0 Å². The summed E-state index contributed by atoms with van der Waals surface area (Å²) in [5.41, 5.74) is -0.633. The number of hydrogen-bond acceptors (Lipinski definition) is 0. The average molecular weight is 429 g/mol. The van der Waals surface area contributed by atoms with Crippen molar-refractivity contribution in [1.82, 2.24) is 0 Å². The first kappa shape index (κ1) is 18.3. The Hall–Kier alpha value is -0.0300. The molecule has 0 bridgehead atoms. The summed E-state index contributed by atoms with van der Waals surface area (Å²) in [7, 11) is 0. The molecule has 0 radical (unpaired) electrons. The molecule has 0 fully saturated rings. The fraction of sp³-hybridized carbons (Fsp3) is 0.0769. The Morgan fingerprint density at radius 1 is 0.682 bits per heavy atom. The number of alkyl halides is 3. The summed E-state index contributed by atoms with van der Waals surface area (Å²) in [6, 6.07) is 2.75. The van der Waals surface area contributed by atoms with Gasteiger partial charge < -0.3 is 0 Å². The van der Waals surface area contributed by atoms with Gasteiger partial charge in [0.1, 0.15) is 0 Å². The van der Waals surface area contributed by atoms with E-state index in [-0.39, 0.29) is 41.3 Å². The molecule has 118 valence electrons. The molecule has 2 aromatic rings. The van der Waals surface area contributed by atoms with E-state index in [1.54, 1.807) is 0 Å². The van der Waals surface area contributed by atoms with E-state index in [0.29, 0.717) is 0 Å². The van der Waals surface area contributed by atoms with Gasteiger partial charge in [0.25, 0.3) is 0 Å². The van der Waals surface area contributed by atoms with Crippen molar-refractivity contribution in [3.63, 3.8) is 0 Å². The van der Waals surface area contributed by atoms with Crippen molar-refractivity contribution >= 4 is 69.6 Å². The lowest BCUT2D eigenvalue weighted by Gasteiger charge is -2.15. The van der Waals surface area contributed by atoms with Gasteiger partial charge in [-0.05, 0) is 12.1 Å². The SMILES string of the molecule is FC(F)(F)c1ccc(-c2c(Cl)c(Cl)c(Cl)c(Cl)c2Cl)c(Cl)c1. The number of halogens is 9. The Morgan fingerprint density at radius 2 is 1.14 bits per heavy atom. The van der Waals surface area contributed by atoms with E-state index >= 15 is 0 Å². The Morgan fingerprint density at radius 3 is 1.55 bits per heavy atom. The van der Waals surface area contributed by atoms with Gasteiger partial charge in [0.15, 0.2) is 0 Å². The van der Waals surface area contributed by atoms with Crippen LogP contribution in [0.15, 0.2) is 18.2 Å². The highest BCUT2D eigenvalue weighted by Crippen LogP contribution is 2.50. The molecule has 0 atom stereocenters. The van der Waals surface area contributed by atoms with Crippen LogP contribution in [0.1, 0.15) is 5.56 Å². The Kier molecular flexibility index (Phi) is 5.38. The van der Waals surface area contributed by atoms with E-state index in [4.69, 9.17) is 69.6 Å². The van der Waals surface area contributed by atoms with Crippen LogP contribution in [0.3, 0.4) is 0 Å². The number of hydrogen-bond donors (Lipinski definition) is 0. The zero-order valence-corrected chi connectivity index (χ0v) is 14.7. The van der Waals surface area contributed by atoms with E-state index in [2.05, 4.69) is 0 Å². The van der Waals surface area contributed by atoms with Crippen LogP contribution >= 0.6 is 69.6 Å². The normalized spacial score (nSPS) is 11.9. The maximum absolute atomic E-state index is 12.7. The largest absolute Gasteiger partial charge is 0.416 e. The van der Waals surface area contributed by atoms with Gasteiger partial charge in [0.05, 0.1) is 30.7 Å². The van der Waals surface area contributed by atoms with Crippen molar-refractivity contribution in [3.8, 4) is 11.1 Å². The van der Waals surface area contributed by atoms with Crippen LogP contribution in [0.4, 0.5) is 13.2 Å². The second kappa shape index (κ2) is 6.46. The predicted octanol–water partition coefficient (Wildman–Crippen LogP) is 8.29. The lowest BCUT2D eigenvalue weighted by Crippen LogP contribution is -2.04. The van der Waals surface area contributed by atoms with Gasteiger partial charge in [-0.3, -0.25) is 0 Å². The Labute approximate surface area is 153 Å². The van der Waals surface area contributed by atoms with Gasteiger partial charge in [-0.1, -0.05) is 75.7 Å². The standard InChI is InChI=1S/C13H3Cl6F3/c14-6-3-4(13(20,21)22)1-2-5(6)7-8(15)10(17)12(19)11(18)9(7)16/h1-3H. The predicted molar refractivity (Wildman–Crippen MR) is 86.9 cm³/mol. The van der Waals surface area contributed by atoms with Gasteiger partial charge >= 0.3 is 6.18 Å². The third-order valence-corrected chi connectivity index (χ3v) is 5.37. The van der Waals surface area contributed by atoms with Gasteiger partial charge in [-0.25, -0.2) is 0 Å². The molecule has 0 nitrogen and oxygen atoms in total. The summed E-state index contributed by atoms with van der Waals surface area (Å²) in [4.78, 5) is 0. The summed E-state index contributed by atoms with van der Waals surface area (Å²) in [5, 5.41) is -0.490. The lowest BCUT2D eigenvalue weighted by atomic mass is 10.0. The van der Waals surface area contributed by atoms with Gasteiger partial charge in [-0.15, -0.1) is 0 Å². The monoisotopic (exact) mass is 426 g/mol. The molecule has 0 aliphatic rings. The summed E-state index contributed by atoms with van der Waals surface area (Å²) in [6.07, 6.45) is -4.52. The van der Waals surface area contributed by atoms with Crippen molar-refractivity contribution in [2.75, 3.05) is 0 Å². The fourth-order valence-electron chi connectivity index (χ4n) is 1.74. The molecule has 0 aliphatic carbocycles. The van der Waals surface area contributed by atoms with Crippen LogP contribution < -0.4 is 0 Å². The molecule has 0 aliphatic heterocycles. The molecule has 22 heavy (non-hydrogen) atoms. The minimum absolute atomic E-state index is 0.0508. The van der Waals surface area contributed by atoms with Gasteiger partial charge in [0, 0.05) is 16.1 Å². The zero-order chi connectivity index (χ0) is 16.8. The fourth-order valence-corrected chi connectivity index (χ4v) is 3.35. The topological polar surface area (TPSA) is 0 Å². The van der Waals surface area contributed by atoms with E-state index in [1.165, 1.54) is 0 Å². The molecule has 0 saturated heterocycles. The highest BCUT2D eigenvalue weighted by atomic mass is 35.5. The molecule has 0 amide bonds. The third-order valence-electron chi connectivity index (χ3n) is 2.78. The van der Waals surface area contributed by atoms with Crippen molar-refractivity contribution in [2.45, 2.75) is 6.18 Å². The van der Waals surface area contributed by atoms with Crippen LogP contribution in [0.2, 0.25) is 30.1 Å². The third kappa shape index (κ3) is 3.26. The van der Waals surface area contributed by atoms with E-state index < -0.39 is 11.7 Å². The highest BCUT2D eigenvalue weighted by molar-refractivity contribution is 6.56. The molecule has 0 unspecified atom stereocenters. The lowest BCUT2D eigenvalue weighted by molar-refractivity contribution is -0.137. The minimum atomic E-state index is -4.52. The van der Waals surface area contributed by atoms with E-state index in [9.17, 15) is 13.2 Å². The molecule has 0 heterocycles. The second-order valence-corrected chi connectivity index (χ2v) is 6.43. The van der Waals surface area contributed by atoms with Crippen molar-refractivity contribution in [1.29, 1.82) is 0 Å². The first-order chi connectivity index (χ1) is 10.1. The average Bonchev–Trinajstić information content (AvgIpc) is 2.43. The summed E-state index contributed by atoms with van der Waals surface area (Å²) in [6.45, 7) is 0. The molecule has 0 spiro atoms. The van der Waals surface area contributed by atoms with Crippen molar-refractivity contribution < 1.29 is 13.2 Å². The van der Waals surface area contributed by atoms with Crippen molar-refractivity contribution in [3.05, 3.63) is 53.9 Å². The van der Waals surface area contributed by atoms with Crippen LogP contribution in [0.5, 0.6) is 0 Å². The van der Waals surface area contributed by atoms with Gasteiger partial charge in [-0.2, -0.15) is 13.2 Å². The number of rotatable bonds is 1. The first-order valence-electron chi connectivity index (χ1n) is 5.44. The highest BCUT2D eigenvalue weighted by Gasteiger charge is 2.31. The van der Waals surface area contributed by atoms with E-state index in [0.717, 1.165) is 18.2 Å². The van der Waals surface area contributed by atoms with Crippen LogP contribution in [0, 0.1) is 0 Å². The number of benzene rings is 2. The van der Waals surface area contributed by atoms with Crippen LogP contribution in [-0.2, 0) is 6.18 Å². The van der Waals surface area contributed by atoms with Crippen molar-refractivity contribution in [2.24, 2.45) is 0 Å². The molecular weight excluding hydrogens is 426 g/mol. The molecule has 2 rings (SSSR count).